The van der Waals surface area contributed by atoms with Crippen molar-refractivity contribution in [2.45, 2.75) is 12.7 Å². The molecule has 3 aliphatic heterocycles. The van der Waals surface area contributed by atoms with Crippen LogP contribution in [-0.4, -0.2) is 66.9 Å². The van der Waals surface area contributed by atoms with Crippen LogP contribution in [0.3, 0.4) is 0 Å². The van der Waals surface area contributed by atoms with Crippen LogP contribution in [0.2, 0.25) is 0 Å². The number of nitrogens with zero attached hydrogens (tertiary/aromatic N) is 3. The molecule has 6 rings (SSSR count). The minimum absolute atomic E-state index is 0.0527. The molecule has 0 spiro atoms. The van der Waals surface area contributed by atoms with E-state index in [-0.39, 0.29) is 30.6 Å². The number of aromatic nitrogens is 3. The van der Waals surface area contributed by atoms with Crippen molar-refractivity contribution in [2.24, 2.45) is 0 Å². The molecule has 42 heavy (non-hydrogen) atoms. The highest BCUT2D eigenvalue weighted by atomic mass is 32.2. The van der Waals surface area contributed by atoms with Gasteiger partial charge in [-0.25, -0.2) is 8.42 Å². The van der Waals surface area contributed by atoms with Gasteiger partial charge in [0, 0.05) is 17.8 Å². The summed E-state index contributed by atoms with van der Waals surface area (Å²) < 4.78 is 74.6. The second-order valence-corrected chi connectivity index (χ2v) is 10.4. The monoisotopic (exact) mass is 607 g/mol. The second kappa shape index (κ2) is 13.2. The molecule has 17 heteroatoms. The lowest BCUT2D eigenvalue weighted by atomic mass is 10.2. The third kappa shape index (κ3) is 9.61. The summed E-state index contributed by atoms with van der Waals surface area (Å²) in [6, 6.07) is 11.9. The molecule has 3 aromatic rings. The molecule has 0 unspecified atom stereocenters. The van der Waals surface area contributed by atoms with Crippen LogP contribution >= 0.6 is 0 Å². The van der Waals surface area contributed by atoms with Gasteiger partial charge in [-0.15, -0.1) is 0 Å². The molecule has 0 saturated carbocycles. The Labute approximate surface area is 237 Å². The van der Waals surface area contributed by atoms with E-state index in [0.29, 0.717) is 11.4 Å². The van der Waals surface area contributed by atoms with E-state index in [4.69, 9.17) is 9.47 Å². The predicted molar refractivity (Wildman–Crippen MR) is 144 cm³/mol. The van der Waals surface area contributed by atoms with Gasteiger partial charge in [0.25, 0.3) is 11.8 Å². The number of hydrogen-bond donors (Lipinski definition) is 4. The summed E-state index contributed by atoms with van der Waals surface area (Å²) in [5.41, 5.74) is 1.26. The van der Waals surface area contributed by atoms with E-state index in [0.717, 1.165) is 5.56 Å². The molecular weight excluding hydrogens is 583 g/mol. The number of amides is 2. The lowest BCUT2D eigenvalue weighted by Crippen LogP contribution is -2.40. The van der Waals surface area contributed by atoms with Gasteiger partial charge in [-0.1, -0.05) is 24.3 Å². The number of rotatable bonds is 2. The molecule has 2 amide bonds. The number of halogens is 3. The summed E-state index contributed by atoms with van der Waals surface area (Å²) in [5, 5.41) is 8.03. The van der Waals surface area contributed by atoms with Crippen molar-refractivity contribution in [1.82, 2.24) is 25.0 Å². The van der Waals surface area contributed by atoms with E-state index in [1.807, 2.05) is 4.72 Å². The number of ether oxygens (including phenoxy) is 2. The highest BCUT2D eigenvalue weighted by Gasteiger charge is 2.29. The highest BCUT2D eigenvalue weighted by molar-refractivity contribution is 7.90. The zero-order chi connectivity index (χ0) is 30.2. The molecule has 0 radical (unpaired) electrons. The van der Waals surface area contributed by atoms with Crippen molar-refractivity contribution >= 4 is 39.4 Å². The topological polar surface area (TPSA) is 174 Å². The molecule has 13 nitrogen and oxygen atoms in total. The lowest BCUT2D eigenvalue weighted by Gasteiger charge is -2.12. The minimum Gasteiger partial charge on any atom is -0.490 e. The third-order valence-corrected chi connectivity index (χ3v) is 6.43. The molecule has 0 atom stereocenters. The van der Waals surface area contributed by atoms with E-state index in [2.05, 4.69) is 30.9 Å². The Morgan fingerprint density at radius 2 is 1.60 bits per heavy atom. The van der Waals surface area contributed by atoms with Gasteiger partial charge in [0.2, 0.25) is 21.9 Å². The second-order valence-electron chi connectivity index (χ2n) is 8.64. The first kappa shape index (κ1) is 30.0. The fourth-order valence-corrected chi connectivity index (χ4v) is 4.23. The molecule has 0 aliphatic carbocycles. The number of hydrogen-bond acceptors (Lipinski definition) is 11. The van der Waals surface area contributed by atoms with Crippen LogP contribution < -0.4 is 30.1 Å². The summed E-state index contributed by atoms with van der Waals surface area (Å²) in [7, 11) is -3.98. The maximum absolute atomic E-state index is 12.7. The average Bonchev–Trinajstić information content (AvgIpc) is 2.93. The fourth-order valence-electron chi connectivity index (χ4n) is 3.34. The maximum atomic E-state index is 12.7. The number of sulfonamides is 1. The highest BCUT2D eigenvalue weighted by Crippen LogP contribution is 2.21. The first-order chi connectivity index (χ1) is 19.9. The van der Waals surface area contributed by atoms with E-state index >= 15 is 0 Å². The Morgan fingerprint density at radius 1 is 0.881 bits per heavy atom. The van der Waals surface area contributed by atoms with Crippen molar-refractivity contribution in [3.63, 3.8) is 0 Å². The van der Waals surface area contributed by atoms with Crippen molar-refractivity contribution < 1.29 is 40.7 Å². The van der Waals surface area contributed by atoms with Crippen LogP contribution in [-0.2, 0) is 21.4 Å². The summed E-state index contributed by atoms with van der Waals surface area (Å²) in [5.74, 6) is -1.78. The fraction of sp³-hybridized carbons (Fsp3) is 0.240. The number of anilines is 3. The Hall–Kier alpha value is -4.93. The summed E-state index contributed by atoms with van der Waals surface area (Å²) in [6.07, 6.45) is -1.83. The van der Waals surface area contributed by atoms with Crippen LogP contribution in [0.25, 0.3) is 0 Å². The van der Waals surface area contributed by atoms with Gasteiger partial charge in [-0.05, 0) is 42.0 Å². The van der Waals surface area contributed by atoms with Crippen molar-refractivity contribution in [3.05, 3.63) is 71.8 Å². The minimum atomic E-state index is -4.61. The van der Waals surface area contributed by atoms with Gasteiger partial charge in [0.1, 0.15) is 12.4 Å². The molecule has 3 aliphatic rings. The van der Waals surface area contributed by atoms with Crippen molar-refractivity contribution in [2.75, 3.05) is 36.1 Å². The van der Waals surface area contributed by atoms with Crippen LogP contribution in [0, 0.1) is 0 Å². The van der Waals surface area contributed by atoms with E-state index in [1.54, 1.807) is 24.3 Å². The number of benzene rings is 2. The Morgan fingerprint density at radius 3 is 2.31 bits per heavy atom. The number of nitrogens with one attached hydrogen (secondary N) is 4. The van der Waals surface area contributed by atoms with Gasteiger partial charge in [-0.3, -0.25) is 14.3 Å². The zero-order valence-corrected chi connectivity index (χ0v) is 22.5. The Bertz CT molecular complexity index is 1550. The third-order valence-electron chi connectivity index (χ3n) is 5.26. The summed E-state index contributed by atoms with van der Waals surface area (Å²) >= 11 is 0. The Kier molecular flexibility index (Phi) is 9.41. The number of alkyl halides is 3. The maximum Gasteiger partial charge on any atom is 0.422 e. The quantitative estimate of drug-likeness (QED) is 0.315. The lowest BCUT2D eigenvalue weighted by molar-refractivity contribution is -0.154. The first-order valence-electron chi connectivity index (χ1n) is 12.2. The molecule has 0 saturated heterocycles. The standard InChI is InChI=1S/C25H24F3N7O6S/c26-25(27,28)15-41-24-33-22-30-13-16-3-9-19(10-4-16)40-11-1-2-12-42(38,39)35-20(36)14-29-21(37)17-5-7-18(8-6-17)31-23(32-22)34-24/h1-10H,11-15H2,(H,29,37)(H,35,36)(H2,30,31,32,33,34). The normalized spacial score (nSPS) is 16.1. The predicted octanol–water partition coefficient (Wildman–Crippen LogP) is 2.29. The van der Waals surface area contributed by atoms with Gasteiger partial charge >= 0.3 is 12.2 Å². The van der Waals surface area contributed by atoms with Gasteiger partial charge in [-0.2, -0.15) is 28.1 Å². The van der Waals surface area contributed by atoms with Crippen molar-refractivity contribution in [3.8, 4) is 11.8 Å². The molecule has 4 heterocycles. The molecule has 1 aromatic heterocycles. The SMILES string of the molecule is O=C1CNC(=O)c2ccc(cc2)Nc2nc(nc(OCC(F)(F)F)n2)NCc2ccc(cc2)OCC=CCS(=O)(=O)N1. The van der Waals surface area contributed by atoms with Crippen LogP contribution in [0.5, 0.6) is 11.8 Å². The Balaban J connectivity index is 1.58. The van der Waals surface area contributed by atoms with Crippen LogP contribution in [0.4, 0.5) is 30.8 Å². The van der Waals surface area contributed by atoms with Gasteiger partial charge in [0.15, 0.2) is 6.61 Å². The van der Waals surface area contributed by atoms with Gasteiger partial charge in [0.05, 0.1) is 12.3 Å². The largest absolute Gasteiger partial charge is 0.490 e. The molecule has 0 fully saturated rings. The molecule has 4 N–H and O–H groups in total. The number of fused-ring (bicyclic) bond motifs is 2. The van der Waals surface area contributed by atoms with E-state index in [1.165, 1.54) is 36.4 Å². The van der Waals surface area contributed by atoms with Gasteiger partial charge < -0.3 is 25.4 Å². The summed E-state index contributed by atoms with van der Waals surface area (Å²) in [4.78, 5) is 36.4. The smallest absolute Gasteiger partial charge is 0.422 e. The first-order valence-corrected chi connectivity index (χ1v) is 13.8. The summed E-state index contributed by atoms with van der Waals surface area (Å²) in [6.45, 7) is -1.96. The van der Waals surface area contributed by atoms with E-state index in [9.17, 15) is 31.2 Å². The van der Waals surface area contributed by atoms with Crippen LogP contribution in [0.1, 0.15) is 15.9 Å². The molecule has 222 valence electrons. The zero-order valence-electron chi connectivity index (χ0n) is 21.6. The molecule has 6 bridgehead atoms. The number of carbonyl (C=O) groups is 2. The molecule has 2 aromatic carbocycles. The number of carbonyl (C=O) groups excluding carboxylic acids is 2. The van der Waals surface area contributed by atoms with E-state index < -0.39 is 52.9 Å². The molecular formula is C25H24F3N7O6S. The van der Waals surface area contributed by atoms with Crippen molar-refractivity contribution in [1.29, 1.82) is 0 Å². The van der Waals surface area contributed by atoms with Crippen LogP contribution in [0.15, 0.2) is 60.7 Å². The average molecular weight is 608 g/mol.